The maximum absolute atomic E-state index is 12.6. The number of amides is 1. The molecule has 3 nitrogen and oxygen atoms in total. The summed E-state index contributed by atoms with van der Waals surface area (Å²) in [6.45, 7) is 8.93. The first-order valence-electron chi connectivity index (χ1n) is 7.35. The first kappa shape index (κ1) is 16.7. The average Bonchev–Trinajstić information content (AvgIpc) is 2.42. The first-order valence-corrected chi connectivity index (χ1v) is 7.35. The molecule has 0 fully saturated rings. The van der Waals surface area contributed by atoms with Crippen LogP contribution in [0.3, 0.4) is 0 Å². The smallest absolute Gasteiger partial charge is 0.231 e. The van der Waals surface area contributed by atoms with Crippen LogP contribution in [0, 0.1) is 11.3 Å². The molecule has 0 saturated heterocycles. The van der Waals surface area contributed by atoms with E-state index in [-0.39, 0.29) is 17.2 Å². The maximum atomic E-state index is 12.6. The van der Waals surface area contributed by atoms with E-state index in [9.17, 15) is 4.79 Å². The van der Waals surface area contributed by atoms with Crippen molar-refractivity contribution in [2.24, 2.45) is 17.1 Å². The predicted molar refractivity (Wildman–Crippen MR) is 85.8 cm³/mol. The number of anilines is 1. The highest BCUT2D eigenvalue weighted by atomic mass is 16.2. The maximum Gasteiger partial charge on any atom is 0.231 e. The number of aryl methyl sites for hydroxylation is 1. The summed E-state index contributed by atoms with van der Waals surface area (Å²) in [6.07, 6.45) is 1.81. The molecule has 0 bridgehead atoms. The van der Waals surface area contributed by atoms with Crippen molar-refractivity contribution >= 4 is 11.6 Å². The van der Waals surface area contributed by atoms with Gasteiger partial charge in [0.05, 0.1) is 5.92 Å². The van der Waals surface area contributed by atoms with Gasteiger partial charge in [-0.3, -0.25) is 4.79 Å². The molecule has 0 aliphatic rings. The molecular formula is C17H28N2O. The van der Waals surface area contributed by atoms with Crippen LogP contribution in [0.5, 0.6) is 0 Å². The fourth-order valence-corrected chi connectivity index (χ4v) is 2.37. The molecule has 1 rings (SSSR count). The third-order valence-corrected chi connectivity index (χ3v) is 3.55. The highest BCUT2D eigenvalue weighted by Gasteiger charge is 2.26. The zero-order valence-corrected chi connectivity index (χ0v) is 13.4. The van der Waals surface area contributed by atoms with Gasteiger partial charge in [-0.1, -0.05) is 39.8 Å². The van der Waals surface area contributed by atoms with E-state index in [1.54, 1.807) is 4.90 Å². The van der Waals surface area contributed by atoms with Crippen LogP contribution < -0.4 is 10.6 Å². The van der Waals surface area contributed by atoms with Gasteiger partial charge in [0.25, 0.3) is 0 Å². The van der Waals surface area contributed by atoms with Crippen LogP contribution in [0.2, 0.25) is 0 Å². The van der Waals surface area contributed by atoms with E-state index in [4.69, 9.17) is 5.73 Å². The monoisotopic (exact) mass is 276 g/mol. The summed E-state index contributed by atoms with van der Waals surface area (Å²) >= 11 is 0. The highest BCUT2D eigenvalue weighted by molar-refractivity contribution is 5.94. The highest BCUT2D eigenvalue weighted by Crippen LogP contribution is 2.26. The third kappa shape index (κ3) is 4.64. The van der Waals surface area contributed by atoms with Crippen molar-refractivity contribution in [1.82, 2.24) is 0 Å². The van der Waals surface area contributed by atoms with Gasteiger partial charge in [0.2, 0.25) is 5.91 Å². The molecule has 2 N–H and O–H groups in total. The molecule has 0 radical (unpaired) electrons. The van der Waals surface area contributed by atoms with E-state index in [1.807, 2.05) is 19.2 Å². The summed E-state index contributed by atoms with van der Waals surface area (Å²) in [5.74, 6) is -0.0162. The fourth-order valence-electron chi connectivity index (χ4n) is 2.37. The molecular weight excluding hydrogens is 248 g/mol. The Morgan fingerprint density at radius 2 is 1.80 bits per heavy atom. The number of carbonyl (C=O) groups excluding carboxylic acids is 1. The van der Waals surface area contributed by atoms with E-state index < -0.39 is 0 Å². The molecule has 0 saturated carbocycles. The summed E-state index contributed by atoms with van der Waals surface area (Å²) in [6, 6.07) is 8.14. The molecule has 112 valence electrons. The Kier molecular flexibility index (Phi) is 5.75. The van der Waals surface area contributed by atoms with Gasteiger partial charge in [-0.15, -0.1) is 0 Å². The number of benzene rings is 1. The molecule has 3 heteroatoms. The largest absolute Gasteiger partial charge is 0.330 e. The zero-order chi connectivity index (χ0) is 15.3. The Bertz CT molecular complexity index is 431. The molecule has 1 aromatic carbocycles. The van der Waals surface area contributed by atoms with Gasteiger partial charge in [0, 0.05) is 19.3 Å². The van der Waals surface area contributed by atoms with Crippen molar-refractivity contribution in [2.75, 3.05) is 18.5 Å². The molecule has 1 amide bonds. The van der Waals surface area contributed by atoms with E-state index in [1.165, 1.54) is 5.56 Å². The molecule has 0 spiro atoms. The van der Waals surface area contributed by atoms with E-state index in [0.29, 0.717) is 6.54 Å². The Balaban J connectivity index is 2.82. The van der Waals surface area contributed by atoms with Crippen LogP contribution in [-0.2, 0) is 11.2 Å². The summed E-state index contributed by atoms with van der Waals surface area (Å²) in [4.78, 5) is 14.3. The fraction of sp³-hybridized carbons (Fsp3) is 0.588. The van der Waals surface area contributed by atoms with Crippen LogP contribution in [0.15, 0.2) is 24.3 Å². The predicted octanol–water partition coefficient (Wildman–Crippen LogP) is 3.22. The molecule has 0 aliphatic heterocycles. The minimum absolute atomic E-state index is 0.103. The van der Waals surface area contributed by atoms with Gasteiger partial charge in [0.15, 0.2) is 0 Å². The number of hydrogen-bond donors (Lipinski definition) is 1. The third-order valence-electron chi connectivity index (χ3n) is 3.55. The lowest BCUT2D eigenvalue weighted by atomic mass is 9.84. The first-order chi connectivity index (χ1) is 9.28. The summed E-state index contributed by atoms with van der Waals surface area (Å²) < 4.78 is 0. The standard InChI is InChI=1S/C17H28N2O/c1-6-13-7-9-15(10-8-13)19(5)16(20)14(12-18)11-17(2,3)4/h7-10,14H,6,11-12,18H2,1-5H3. The second-order valence-corrected chi connectivity index (χ2v) is 6.61. The Hall–Kier alpha value is -1.35. The number of nitrogens with zero attached hydrogens (tertiary/aromatic N) is 1. The second-order valence-electron chi connectivity index (χ2n) is 6.61. The Morgan fingerprint density at radius 1 is 1.25 bits per heavy atom. The van der Waals surface area contributed by atoms with Gasteiger partial charge in [-0.2, -0.15) is 0 Å². The van der Waals surface area contributed by atoms with E-state index >= 15 is 0 Å². The Morgan fingerprint density at radius 3 is 2.20 bits per heavy atom. The van der Waals surface area contributed by atoms with Crippen molar-refractivity contribution in [3.63, 3.8) is 0 Å². The van der Waals surface area contributed by atoms with E-state index in [2.05, 4.69) is 39.8 Å². The van der Waals surface area contributed by atoms with Crippen molar-refractivity contribution in [2.45, 2.75) is 40.5 Å². The average molecular weight is 276 g/mol. The van der Waals surface area contributed by atoms with Crippen molar-refractivity contribution < 1.29 is 4.79 Å². The molecule has 1 atom stereocenters. The van der Waals surface area contributed by atoms with Gasteiger partial charge >= 0.3 is 0 Å². The number of hydrogen-bond acceptors (Lipinski definition) is 2. The number of carbonyl (C=O) groups is 1. The number of rotatable bonds is 5. The second kappa shape index (κ2) is 6.89. The summed E-state index contributed by atoms with van der Waals surface area (Å²) in [7, 11) is 1.83. The summed E-state index contributed by atoms with van der Waals surface area (Å²) in [5, 5.41) is 0. The lowest BCUT2D eigenvalue weighted by Crippen LogP contribution is -2.38. The van der Waals surface area contributed by atoms with Crippen molar-refractivity contribution in [3.05, 3.63) is 29.8 Å². The van der Waals surface area contributed by atoms with Gasteiger partial charge < -0.3 is 10.6 Å². The van der Waals surface area contributed by atoms with Crippen LogP contribution in [-0.4, -0.2) is 19.5 Å². The lowest BCUT2D eigenvalue weighted by Gasteiger charge is -2.28. The van der Waals surface area contributed by atoms with Crippen LogP contribution in [0.4, 0.5) is 5.69 Å². The molecule has 0 heterocycles. The van der Waals surface area contributed by atoms with Crippen LogP contribution in [0.25, 0.3) is 0 Å². The van der Waals surface area contributed by atoms with Gasteiger partial charge in [0.1, 0.15) is 0 Å². The normalized spacial score (nSPS) is 13.1. The molecule has 1 aromatic rings. The quantitative estimate of drug-likeness (QED) is 0.897. The molecule has 0 aromatic heterocycles. The van der Waals surface area contributed by atoms with Crippen molar-refractivity contribution in [1.29, 1.82) is 0 Å². The zero-order valence-electron chi connectivity index (χ0n) is 13.4. The van der Waals surface area contributed by atoms with Gasteiger partial charge in [-0.05, 0) is 36.0 Å². The van der Waals surface area contributed by atoms with E-state index in [0.717, 1.165) is 18.5 Å². The molecule has 0 aliphatic carbocycles. The van der Waals surface area contributed by atoms with Gasteiger partial charge in [-0.25, -0.2) is 0 Å². The Labute approximate surface area is 123 Å². The molecule has 20 heavy (non-hydrogen) atoms. The topological polar surface area (TPSA) is 46.3 Å². The van der Waals surface area contributed by atoms with Crippen LogP contribution in [0.1, 0.15) is 39.7 Å². The minimum atomic E-state index is -0.120. The molecule has 1 unspecified atom stereocenters. The minimum Gasteiger partial charge on any atom is -0.330 e. The van der Waals surface area contributed by atoms with Crippen LogP contribution >= 0.6 is 0 Å². The summed E-state index contributed by atoms with van der Waals surface area (Å²) in [5.41, 5.74) is 8.11. The van der Waals surface area contributed by atoms with Crippen molar-refractivity contribution in [3.8, 4) is 0 Å². The SMILES string of the molecule is CCc1ccc(N(C)C(=O)C(CN)CC(C)(C)C)cc1. The lowest BCUT2D eigenvalue weighted by molar-refractivity contribution is -0.122. The number of nitrogens with two attached hydrogens (primary N) is 1.